The molecule has 12 heavy (non-hydrogen) atoms. The van der Waals surface area contributed by atoms with E-state index in [2.05, 4.69) is 8.85 Å². The van der Waals surface area contributed by atoms with Crippen LogP contribution < -0.4 is 0 Å². The second-order valence-corrected chi connectivity index (χ2v) is 4.94. The van der Waals surface area contributed by atoms with Crippen molar-refractivity contribution in [2.75, 3.05) is 14.2 Å². The van der Waals surface area contributed by atoms with Crippen LogP contribution in [-0.2, 0) is 8.85 Å². The maximum absolute atomic E-state index is 5.82. The van der Waals surface area contributed by atoms with Crippen LogP contribution in [0.4, 0.5) is 0 Å². The molecule has 1 saturated carbocycles. The summed E-state index contributed by atoms with van der Waals surface area (Å²) in [5.41, 5.74) is 0. The predicted molar refractivity (Wildman–Crippen MR) is 55.3 cm³/mol. The summed E-state index contributed by atoms with van der Waals surface area (Å²) in [5, 5.41) is 0.508. The van der Waals surface area contributed by atoms with Crippen LogP contribution in [0.2, 0.25) is 0 Å². The second-order valence-electron chi connectivity index (χ2n) is 2.93. The molecule has 0 aromatic rings. The zero-order valence-electron chi connectivity index (χ0n) is 8.01. The molecule has 0 unspecified atom stereocenters. The quantitative estimate of drug-likeness (QED) is 0.512. The Labute approximate surface area is 82.6 Å². The molecule has 1 rings (SSSR count). The molecule has 0 atom stereocenters. The molecule has 1 fully saturated rings. The summed E-state index contributed by atoms with van der Waals surface area (Å²) in [4.78, 5) is 0. The molecule has 0 amide bonds. The van der Waals surface area contributed by atoms with E-state index in [1.54, 1.807) is 14.2 Å². The number of hydrogen-bond donors (Lipinski definition) is 0. The lowest BCUT2D eigenvalue weighted by atomic mass is 10.0. The normalized spacial score (nSPS) is 18.2. The van der Waals surface area contributed by atoms with Gasteiger partial charge in [0.25, 0.3) is 0 Å². The molecule has 0 N–H and O–H groups in total. The van der Waals surface area contributed by atoms with Gasteiger partial charge in [-0.15, -0.1) is 11.6 Å². The highest BCUT2D eigenvalue weighted by molar-refractivity contribution is 6.20. The molecule has 0 aromatic heterocycles. The average molecular weight is 211 g/mol. The standard InChI is InChI=1S/C6H11Cl.C2H8O2Si/c7-6-4-2-1-3-5-6;1-3-5-4-2/h6H,1-5H2;5H2,1-2H3. The summed E-state index contributed by atoms with van der Waals surface area (Å²) < 4.78 is 9.22. The molecule has 0 spiro atoms. The monoisotopic (exact) mass is 210 g/mol. The molecule has 4 heteroatoms. The van der Waals surface area contributed by atoms with Crippen molar-refractivity contribution in [2.45, 2.75) is 37.5 Å². The fourth-order valence-electron chi connectivity index (χ4n) is 1.17. The van der Waals surface area contributed by atoms with Crippen LogP contribution in [0, 0.1) is 0 Å². The lowest BCUT2D eigenvalue weighted by Gasteiger charge is -2.13. The molecule has 1 aliphatic carbocycles. The fourth-order valence-corrected chi connectivity index (χ4v) is 1.71. The zero-order chi connectivity index (χ0) is 9.23. The smallest absolute Gasteiger partial charge is 0.303 e. The molecular weight excluding hydrogens is 192 g/mol. The van der Waals surface area contributed by atoms with Crippen LogP contribution in [0.15, 0.2) is 0 Å². The van der Waals surface area contributed by atoms with Gasteiger partial charge in [0.15, 0.2) is 0 Å². The van der Waals surface area contributed by atoms with Gasteiger partial charge in [-0.05, 0) is 12.8 Å². The molecule has 2 nitrogen and oxygen atoms in total. The third kappa shape index (κ3) is 8.52. The molecule has 74 valence electrons. The van der Waals surface area contributed by atoms with Crippen LogP contribution in [0.3, 0.4) is 0 Å². The van der Waals surface area contributed by atoms with Gasteiger partial charge in [-0.2, -0.15) is 0 Å². The van der Waals surface area contributed by atoms with Gasteiger partial charge in [-0.25, -0.2) is 0 Å². The Hall–Kier alpha value is 0.427. The highest BCUT2D eigenvalue weighted by Crippen LogP contribution is 2.21. The van der Waals surface area contributed by atoms with Crippen LogP contribution >= 0.6 is 11.6 Å². The van der Waals surface area contributed by atoms with E-state index in [0.29, 0.717) is 5.38 Å². The van der Waals surface area contributed by atoms with Gasteiger partial charge in [0.1, 0.15) is 0 Å². The highest BCUT2D eigenvalue weighted by atomic mass is 35.5. The van der Waals surface area contributed by atoms with E-state index in [1.165, 1.54) is 32.1 Å². The van der Waals surface area contributed by atoms with Crippen molar-refractivity contribution in [3.05, 3.63) is 0 Å². The predicted octanol–water partition coefficient (Wildman–Crippen LogP) is 1.84. The molecule has 0 heterocycles. The third-order valence-electron chi connectivity index (χ3n) is 1.77. The van der Waals surface area contributed by atoms with Crippen molar-refractivity contribution in [2.24, 2.45) is 0 Å². The minimum absolute atomic E-state index is 0.508. The first kappa shape index (κ1) is 12.4. The van der Waals surface area contributed by atoms with E-state index in [0.717, 1.165) is 0 Å². The Kier molecular flexibility index (Phi) is 9.85. The summed E-state index contributed by atoms with van der Waals surface area (Å²) in [6, 6.07) is 0. The first-order chi connectivity index (χ1) is 5.81. The van der Waals surface area contributed by atoms with Crippen molar-refractivity contribution in [1.82, 2.24) is 0 Å². The van der Waals surface area contributed by atoms with E-state index >= 15 is 0 Å². The molecular formula is C8H19ClO2Si. The SMILES string of the molecule is CO[SiH2]OC.ClC1CCCCC1. The minimum Gasteiger partial charge on any atom is -0.402 e. The summed E-state index contributed by atoms with van der Waals surface area (Å²) in [7, 11) is 2.73. The summed E-state index contributed by atoms with van der Waals surface area (Å²) in [5.74, 6) is 0. The van der Waals surface area contributed by atoms with E-state index in [-0.39, 0.29) is 0 Å². The number of halogens is 1. The Morgan fingerprint density at radius 2 is 1.58 bits per heavy atom. The molecule has 0 bridgehead atoms. The summed E-state index contributed by atoms with van der Waals surface area (Å²) >= 11 is 5.82. The number of rotatable bonds is 2. The van der Waals surface area contributed by atoms with Crippen LogP contribution in [-0.4, -0.2) is 29.6 Å². The van der Waals surface area contributed by atoms with E-state index in [9.17, 15) is 0 Å². The number of hydrogen-bond acceptors (Lipinski definition) is 2. The van der Waals surface area contributed by atoms with Crippen molar-refractivity contribution in [3.8, 4) is 0 Å². The lowest BCUT2D eigenvalue weighted by molar-refractivity contribution is 0.309. The molecule has 1 aliphatic rings. The molecule has 0 radical (unpaired) electrons. The van der Waals surface area contributed by atoms with Gasteiger partial charge in [0, 0.05) is 19.6 Å². The number of alkyl halides is 1. The van der Waals surface area contributed by atoms with Crippen molar-refractivity contribution in [3.63, 3.8) is 0 Å². The largest absolute Gasteiger partial charge is 0.402 e. The first-order valence-electron chi connectivity index (χ1n) is 4.43. The lowest BCUT2D eigenvalue weighted by Crippen LogP contribution is -2.03. The fraction of sp³-hybridized carbons (Fsp3) is 1.00. The molecule has 0 aromatic carbocycles. The molecule has 0 aliphatic heterocycles. The van der Waals surface area contributed by atoms with Gasteiger partial charge >= 0.3 is 10.0 Å². The summed E-state index contributed by atoms with van der Waals surface area (Å²) in [6.07, 6.45) is 6.62. The third-order valence-corrected chi connectivity index (χ3v) is 2.68. The zero-order valence-corrected chi connectivity index (χ0v) is 10.2. The van der Waals surface area contributed by atoms with Crippen molar-refractivity contribution >= 4 is 21.6 Å². The van der Waals surface area contributed by atoms with Gasteiger partial charge in [0.2, 0.25) is 0 Å². The van der Waals surface area contributed by atoms with Crippen LogP contribution in [0.5, 0.6) is 0 Å². The topological polar surface area (TPSA) is 18.5 Å². The Balaban J connectivity index is 0.000000217. The van der Waals surface area contributed by atoms with Gasteiger partial charge in [-0.1, -0.05) is 19.3 Å². The van der Waals surface area contributed by atoms with Gasteiger partial charge < -0.3 is 8.85 Å². The van der Waals surface area contributed by atoms with Crippen molar-refractivity contribution in [1.29, 1.82) is 0 Å². The van der Waals surface area contributed by atoms with Gasteiger partial charge in [0.05, 0.1) is 0 Å². The van der Waals surface area contributed by atoms with Crippen LogP contribution in [0.25, 0.3) is 0 Å². The molecule has 0 saturated heterocycles. The second kappa shape index (κ2) is 9.51. The summed E-state index contributed by atoms with van der Waals surface area (Å²) in [6.45, 7) is 0. The minimum atomic E-state index is -0.568. The Morgan fingerprint density at radius 3 is 1.75 bits per heavy atom. The Morgan fingerprint density at radius 1 is 1.08 bits per heavy atom. The van der Waals surface area contributed by atoms with E-state index in [4.69, 9.17) is 11.6 Å². The average Bonchev–Trinajstić information content (AvgIpc) is 2.08. The maximum Gasteiger partial charge on any atom is 0.303 e. The van der Waals surface area contributed by atoms with E-state index in [1.807, 2.05) is 0 Å². The first-order valence-corrected chi connectivity index (χ1v) is 6.02. The Bertz CT molecular complexity index is 85.1. The van der Waals surface area contributed by atoms with Crippen molar-refractivity contribution < 1.29 is 8.85 Å². The highest BCUT2D eigenvalue weighted by Gasteiger charge is 2.08. The maximum atomic E-state index is 5.82. The van der Waals surface area contributed by atoms with Crippen LogP contribution in [0.1, 0.15) is 32.1 Å². The van der Waals surface area contributed by atoms with Gasteiger partial charge in [-0.3, -0.25) is 0 Å². The van der Waals surface area contributed by atoms with E-state index < -0.39 is 10.0 Å².